The van der Waals surface area contributed by atoms with Gasteiger partial charge in [0, 0.05) is 32.1 Å². The molecular weight excluding hydrogens is 343 g/mol. The molecule has 2 amide bonds. The maximum Gasteiger partial charge on any atom is 0.258 e. The van der Waals surface area contributed by atoms with E-state index in [1.54, 1.807) is 4.90 Å². The van der Waals surface area contributed by atoms with E-state index in [0.29, 0.717) is 31.8 Å². The van der Waals surface area contributed by atoms with Gasteiger partial charge in [-0.25, -0.2) is 4.39 Å². The molecule has 1 aromatic carbocycles. The lowest BCUT2D eigenvalue weighted by Gasteiger charge is -2.37. The lowest BCUT2D eigenvalue weighted by atomic mass is 9.92. The molecule has 1 aromatic rings. The van der Waals surface area contributed by atoms with Gasteiger partial charge in [0.2, 0.25) is 5.91 Å². The SMILES string of the molecule is CC1CCCN(C(=O)C2CCN(C(=O)c3c(F)cccc3Cl)CC2)C1. The fourth-order valence-electron chi connectivity index (χ4n) is 3.84. The molecule has 1 unspecified atom stereocenters. The molecule has 0 aliphatic carbocycles. The molecule has 25 heavy (non-hydrogen) atoms. The first kappa shape index (κ1) is 18.2. The van der Waals surface area contributed by atoms with E-state index in [0.717, 1.165) is 19.5 Å². The highest BCUT2D eigenvalue weighted by Crippen LogP contribution is 2.26. The van der Waals surface area contributed by atoms with Gasteiger partial charge in [0.15, 0.2) is 0 Å². The summed E-state index contributed by atoms with van der Waals surface area (Å²) in [7, 11) is 0. The van der Waals surface area contributed by atoms with Crippen LogP contribution in [0.5, 0.6) is 0 Å². The van der Waals surface area contributed by atoms with Crippen molar-refractivity contribution in [1.29, 1.82) is 0 Å². The van der Waals surface area contributed by atoms with Crippen LogP contribution < -0.4 is 0 Å². The molecule has 2 aliphatic heterocycles. The summed E-state index contributed by atoms with van der Waals surface area (Å²) in [6, 6.07) is 4.25. The van der Waals surface area contributed by atoms with Gasteiger partial charge in [0.05, 0.1) is 10.6 Å². The van der Waals surface area contributed by atoms with Crippen LogP contribution in [0.25, 0.3) is 0 Å². The maximum atomic E-state index is 13.9. The molecule has 0 N–H and O–H groups in total. The van der Waals surface area contributed by atoms with Crippen LogP contribution >= 0.6 is 11.6 Å². The predicted octanol–water partition coefficient (Wildman–Crippen LogP) is 3.59. The number of carbonyl (C=O) groups excluding carboxylic acids is 2. The number of hydrogen-bond acceptors (Lipinski definition) is 2. The summed E-state index contributed by atoms with van der Waals surface area (Å²) < 4.78 is 13.9. The highest BCUT2D eigenvalue weighted by molar-refractivity contribution is 6.33. The lowest BCUT2D eigenvalue weighted by molar-refractivity contribution is -0.138. The predicted molar refractivity (Wildman–Crippen MR) is 95.0 cm³/mol. The molecule has 1 atom stereocenters. The summed E-state index contributed by atoms with van der Waals surface area (Å²) >= 11 is 5.99. The lowest BCUT2D eigenvalue weighted by Crippen LogP contribution is -2.47. The fourth-order valence-corrected chi connectivity index (χ4v) is 4.08. The van der Waals surface area contributed by atoms with E-state index in [9.17, 15) is 14.0 Å². The summed E-state index contributed by atoms with van der Waals surface area (Å²) in [4.78, 5) is 28.8. The Kier molecular flexibility index (Phi) is 5.62. The van der Waals surface area contributed by atoms with Gasteiger partial charge in [-0.15, -0.1) is 0 Å². The summed E-state index contributed by atoms with van der Waals surface area (Å²) in [5.74, 6) is -0.255. The van der Waals surface area contributed by atoms with Crippen molar-refractivity contribution in [2.45, 2.75) is 32.6 Å². The zero-order valence-corrected chi connectivity index (χ0v) is 15.3. The Morgan fingerprint density at radius 1 is 1.12 bits per heavy atom. The monoisotopic (exact) mass is 366 g/mol. The van der Waals surface area contributed by atoms with Crippen LogP contribution in [0.2, 0.25) is 5.02 Å². The third-order valence-electron chi connectivity index (χ3n) is 5.28. The van der Waals surface area contributed by atoms with Crippen molar-refractivity contribution in [3.8, 4) is 0 Å². The van der Waals surface area contributed by atoms with Gasteiger partial charge in [-0.3, -0.25) is 9.59 Å². The van der Waals surface area contributed by atoms with Crippen LogP contribution in [0.1, 0.15) is 43.0 Å². The molecule has 3 rings (SSSR count). The highest BCUT2D eigenvalue weighted by atomic mass is 35.5. The minimum absolute atomic E-state index is 0.0366. The number of benzene rings is 1. The number of likely N-dealkylation sites (tertiary alicyclic amines) is 2. The van der Waals surface area contributed by atoms with Gasteiger partial charge >= 0.3 is 0 Å². The zero-order valence-electron chi connectivity index (χ0n) is 14.5. The quantitative estimate of drug-likeness (QED) is 0.802. The van der Waals surface area contributed by atoms with Crippen molar-refractivity contribution in [3.05, 3.63) is 34.6 Å². The Balaban J connectivity index is 1.60. The molecule has 0 saturated carbocycles. The van der Waals surface area contributed by atoms with E-state index in [1.807, 2.05) is 4.90 Å². The number of amides is 2. The van der Waals surface area contributed by atoms with Gasteiger partial charge in [-0.05, 0) is 43.7 Å². The van der Waals surface area contributed by atoms with E-state index in [1.165, 1.54) is 24.6 Å². The molecule has 2 aliphatic rings. The third kappa shape index (κ3) is 3.97. The molecule has 4 nitrogen and oxygen atoms in total. The molecule has 136 valence electrons. The number of halogens is 2. The number of hydrogen-bond donors (Lipinski definition) is 0. The maximum absolute atomic E-state index is 13.9. The molecule has 0 bridgehead atoms. The smallest absolute Gasteiger partial charge is 0.258 e. The molecule has 6 heteroatoms. The molecule has 0 aromatic heterocycles. The topological polar surface area (TPSA) is 40.6 Å². The second-order valence-electron chi connectivity index (χ2n) is 7.19. The summed E-state index contributed by atoms with van der Waals surface area (Å²) in [6.45, 7) is 4.78. The zero-order chi connectivity index (χ0) is 18.0. The second-order valence-corrected chi connectivity index (χ2v) is 7.60. The van der Waals surface area contributed by atoms with Crippen LogP contribution in [0.3, 0.4) is 0 Å². The van der Waals surface area contributed by atoms with Crippen molar-refractivity contribution in [2.75, 3.05) is 26.2 Å². The van der Waals surface area contributed by atoms with Gasteiger partial charge < -0.3 is 9.80 Å². The van der Waals surface area contributed by atoms with Crippen molar-refractivity contribution >= 4 is 23.4 Å². The van der Waals surface area contributed by atoms with Gasteiger partial charge in [0.25, 0.3) is 5.91 Å². The Morgan fingerprint density at radius 2 is 1.84 bits per heavy atom. The first-order valence-corrected chi connectivity index (χ1v) is 9.37. The Hall–Kier alpha value is -1.62. The van der Waals surface area contributed by atoms with E-state index < -0.39 is 5.82 Å². The van der Waals surface area contributed by atoms with Gasteiger partial charge in [-0.1, -0.05) is 24.6 Å². The minimum Gasteiger partial charge on any atom is -0.342 e. The standard InChI is InChI=1S/C19H24ClFN2O2/c1-13-4-3-9-23(12-13)18(24)14-7-10-22(11-8-14)19(25)17-15(20)5-2-6-16(17)21/h2,5-6,13-14H,3-4,7-12H2,1H3. The molecule has 0 spiro atoms. The molecule has 2 heterocycles. The number of nitrogens with zero attached hydrogens (tertiary/aromatic N) is 2. The van der Waals surface area contributed by atoms with Crippen LogP contribution in [0.4, 0.5) is 4.39 Å². The van der Waals surface area contributed by atoms with Crippen LogP contribution in [0, 0.1) is 17.7 Å². The van der Waals surface area contributed by atoms with E-state index >= 15 is 0 Å². The number of piperidine rings is 2. The molecule has 0 radical (unpaired) electrons. The van der Waals surface area contributed by atoms with E-state index in [-0.39, 0.29) is 28.3 Å². The van der Waals surface area contributed by atoms with E-state index in [4.69, 9.17) is 11.6 Å². The molecule has 2 saturated heterocycles. The average Bonchev–Trinajstić information content (AvgIpc) is 2.61. The first-order valence-electron chi connectivity index (χ1n) is 8.99. The fraction of sp³-hybridized carbons (Fsp3) is 0.579. The summed E-state index contributed by atoms with van der Waals surface area (Å²) in [5.41, 5.74) is -0.0706. The summed E-state index contributed by atoms with van der Waals surface area (Å²) in [6.07, 6.45) is 3.50. The summed E-state index contributed by atoms with van der Waals surface area (Å²) in [5, 5.41) is 0.130. The largest absolute Gasteiger partial charge is 0.342 e. The molecular formula is C19H24ClFN2O2. The second kappa shape index (κ2) is 7.73. The first-order chi connectivity index (χ1) is 12.0. The van der Waals surface area contributed by atoms with Gasteiger partial charge in [-0.2, -0.15) is 0 Å². The normalized spacial score (nSPS) is 22.1. The number of carbonyl (C=O) groups is 2. The molecule has 2 fully saturated rings. The van der Waals surface area contributed by atoms with Crippen LogP contribution in [-0.4, -0.2) is 47.8 Å². The van der Waals surface area contributed by atoms with Crippen molar-refractivity contribution in [3.63, 3.8) is 0 Å². The van der Waals surface area contributed by atoms with Crippen molar-refractivity contribution in [2.24, 2.45) is 11.8 Å². The average molecular weight is 367 g/mol. The Morgan fingerprint density at radius 3 is 2.48 bits per heavy atom. The van der Waals surface area contributed by atoms with Crippen molar-refractivity contribution < 1.29 is 14.0 Å². The number of rotatable bonds is 2. The van der Waals surface area contributed by atoms with Crippen LogP contribution in [-0.2, 0) is 4.79 Å². The highest BCUT2D eigenvalue weighted by Gasteiger charge is 2.33. The Labute approximate surface area is 152 Å². The van der Waals surface area contributed by atoms with Crippen molar-refractivity contribution in [1.82, 2.24) is 9.80 Å². The minimum atomic E-state index is -0.599. The van der Waals surface area contributed by atoms with E-state index in [2.05, 4.69) is 6.92 Å². The van der Waals surface area contributed by atoms with Gasteiger partial charge in [0.1, 0.15) is 5.82 Å². The third-order valence-corrected chi connectivity index (χ3v) is 5.59. The van der Waals surface area contributed by atoms with Crippen LogP contribution in [0.15, 0.2) is 18.2 Å². The Bertz CT molecular complexity index is 639.